The van der Waals surface area contributed by atoms with Crippen molar-refractivity contribution in [2.24, 2.45) is 5.92 Å². The van der Waals surface area contributed by atoms with Gasteiger partial charge >= 0.3 is 0 Å². The Morgan fingerprint density at radius 3 is 2.66 bits per heavy atom. The number of hydrogen-bond donors (Lipinski definition) is 2. The molecule has 0 bridgehead atoms. The molecular formula is C29H33N3O6. The number of hydrogen-bond acceptors (Lipinski definition) is 6. The van der Waals surface area contributed by atoms with Crippen LogP contribution in [0.4, 0.5) is 0 Å². The molecule has 200 valence electrons. The molecule has 9 nitrogen and oxygen atoms in total. The lowest BCUT2D eigenvalue weighted by atomic mass is 9.93. The average molecular weight is 520 g/mol. The van der Waals surface area contributed by atoms with E-state index in [0.717, 1.165) is 18.4 Å². The molecule has 5 rings (SSSR count). The molecule has 38 heavy (non-hydrogen) atoms. The molecule has 1 saturated carbocycles. The lowest BCUT2D eigenvalue weighted by molar-refractivity contribution is -0.149. The Balaban J connectivity index is 1.32. The number of fused-ring (bicyclic) bond motifs is 2. The monoisotopic (exact) mass is 519 g/mol. The maximum absolute atomic E-state index is 13.6. The first-order chi connectivity index (χ1) is 18.3. The largest absolute Gasteiger partial charge is 0.396 e. The average Bonchev–Trinajstić information content (AvgIpc) is 3.67. The summed E-state index contributed by atoms with van der Waals surface area (Å²) in [5.41, 5.74) is 0.620. The fourth-order valence-corrected chi connectivity index (χ4v) is 5.41. The Morgan fingerprint density at radius 2 is 1.95 bits per heavy atom. The molecule has 1 saturated heterocycles. The molecule has 1 aliphatic heterocycles. The van der Waals surface area contributed by atoms with Gasteiger partial charge in [-0.15, -0.1) is 0 Å². The highest BCUT2D eigenvalue weighted by Gasteiger charge is 2.59. The molecule has 2 atom stereocenters. The quantitative estimate of drug-likeness (QED) is 0.365. The highest BCUT2D eigenvalue weighted by molar-refractivity contribution is 6.15. The summed E-state index contributed by atoms with van der Waals surface area (Å²) in [6.45, 7) is 2.49. The lowest BCUT2D eigenvalue weighted by Gasteiger charge is -2.31. The molecule has 1 heterocycles. The van der Waals surface area contributed by atoms with Crippen molar-refractivity contribution in [3.05, 3.63) is 70.8 Å². The van der Waals surface area contributed by atoms with Crippen LogP contribution in [0.2, 0.25) is 0 Å². The van der Waals surface area contributed by atoms with Crippen LogP contribution in [0.1, 0.15) is 53.2 Å². The number of carbonyl (C=O) groups excluding carboxylic acids is 4. The predicted molar refractivity (Wildman–Crippen MR) is 138 cm³/mol. The summed E-state index contributed by atoms with van der Waals surface area (Å²) in [7, 11) is 0. The third-order valence-electron chi connectivity index (χ3n) is 7.77. The Bertz CT molecular complexity index is 1240. The van der Waals surface area contributed by atoms with Gasteiger partial charge < -0.3 is 25.0 Å². The molecular weight excluding hydrogens is 486 g/mol. The van der Waals surface area contributed by atoms with Gasteiger partial charge in [0, 0.05) is 43.3 Å². The zero-order valence-corrected chi connectivity index (χ0v) is 21.5. The van der Waals surface area contributed by atoms with Gasteiger partial charge in [0.1, 0.15) is 13.3 Å². The number of rotatable bonds is 10. The normalized spacial score (nSPS) is 21.1. The lowest BCUT2D eigenvalue weighted by Crippen LogP contribution is -2.48. The van der Waals surface area contributed by atoms with E-state index in [4.69, 9.17) is 9.84 Å². The fourth-order valence-electron chi connectivity index (χ4n) is 5.41. The third-order valence-corrected chi connectivity index (χ3v) is 7.77. The van der Waals surface area contributed by atoms with Crippen LogP contribution < -0.4 is 5.32 Å². The Kier molecular flexibility index (Phi) is 7.32. The first-order valence-electron chi connectivity index (χ1n) is 13.2. The van der Waals surface area contributed by atoms with E-state index in [1.807, 2.05) is 35.2 Å². The maximum atomic E-state index is 13.6. The smallest absolute Gasteiger partial charge is 0.269 e. The summed E-state index contributed by atoms with van der Waals surface area (Å²) in [6, 6.07) is 14.6. The van der Waals surface area contributed by atoms with Crippen LogP contribution in [-0.4, -0.2) is 70.9 Å². The van der Waals surface area contributed by atoms with Crippen LogP contribution in [-0.2, 0) is 37.7 Å². The predicted octanol–water partition coefficient (Wildman–Crippen LogP) is 1.76. The Labute approximate surface area is 221 Å². The molecule has 2 aliphatic carbocycles. The van der Waals surface area contributed by atoms with Gasteiger partial charge in [0.2, 0.25) is 11.5 Å². The Hall–Kier alpha value is -3.56. The fraction of sp³-hybridized carbons (Fsp3) is 0.448. The number of Topliss-reactive ketones (excluding diaryl/α,β-unsaturated/α-hetero) is 1. The van der Waals surface area contributed by atoms with E-state index in [-0.39, 0.29) is 44.2 Å². The number of carbonyl (C=O) groups is 4. The van der Waals surface area contributed by atoms with E-state index in [2.05, 4.69) is 12.2 Å². The second-order valence-corrected chi connectivity index (χ2v) is 10.3. The molecule has 2 fully saturated rings. The first kappa shape index (κ1) is 26.1. The summed E-state index contributed by atoms with van der Waals surface area (Å²) in [6.07, 6.45) is 2.58. The van der Waals surface area contributed by atoms with Crippen molar-refractivity contribution in [1.29, 1.82) is 0 Å². The second-order valence-electron chi connectivity index (χ2n) is 10.3. The van der Waals surface area contributed by atoms with E-state index in [1.165, 1.54) is 4.90 Å². The minimum absolute atomic E-state index is 0.0244. The van der Waals surface area contributed by atoms with Gasteiger partial charge in [-0.1, -0.05) is 36.4 Å². The summed E-state index contributed by atoms with van der Waals surface area (Å²) in [5, 5.41) is 11.6. The van der Waals surface area contributed by atoms with Gasteiger partial charge in [0.15, 0.2) is 5.78 Å². The molecule has 3 aliphatic rings. The topological polar surface area (TPSA) is 116 Å². The molecule has 3 amide bonds. The molecule has 1 spiro atoms. The number of nitrogens with one attached hydrogen (secondary N) is 1. The van der Waals surface area contributed by atoms with Crippen LogP contribution in [0.15, 0.2) is 48.5 Å². The zero-order chi connectivity index (χ0) is 26.9. The number of aliphatic hydroxyl groups excluding tert-OH is 1. The first-order valence-corrected chi connectivity index (χ1v) is 13.2. The Morgan fingerprint density at radius 1 is 1.18 bits per heavy atom. The minimum atomic E-state index is -1.77. The third kappa shape index (κ3) is 4.83. The number of ketones is 1. The van der Waals surface area contributed by atoms with E-state index in [1.54, 1.807) is 18.2 Å². The summed E-state index contributed by atoms with van der Waals surface area (Å²) in [5.74, 6) is -0.962. The number of nitrogens with zero attached hydrogens (tertiary/aromatic N) is 2. The van der Waals surface area contributed by atoms with Gasteiger partial charge in [0.25, 0.3) is 11.8 Å². The molecule has 2 N–H and O–H groups in total. The molecule has 0 aromatic heterocycles. The van der Waals surface area contributed by atoms with E-state index < -0.39 is 17.3 Å². The molecule has 0 radical (unpaired) electrons. The number of amides is 3. The van der Waals surface area contributed by atoms with Gasteiger partial charge in [-0.3, -0.25) is 19.2 Å². The van der Waals surface area contributed by atoms with Crippen LogP contribution in [0.3, 0.4) is 0 Å². The van der Waals surface area contributed by atoms with Crippen molar-refractivity contribution in [2.45, 2.75) is 50.8 Å². The van der Waals surface area contributed by atoms with Gasteiger partial charge in [-0.2, -0.15) is 0 Å². The van der Waals surface area contributed by atoms with E-state index in [9.17, 15) is 19.2 Å². The van der Waals surface area contributed by atoms with Crippen molar-refractivity contribution in [3.8, 4) is 0 Å². The van der Waals surface area contributed by atoms with Crippen LogP contribution in [0.5, 0.6) is 0 Å². The SMILES string of the molecule is C[C@@H](C1CC1)N(Cc1ccccc1)C(=O)CN1CO[C@]2(C(=O)Cc3cc(C(=O)NCCCO)ccc32)C1=O. The van der Waals surface area contributed by atoms with Crippen molar-refractivity contribution < 1.29 is 29.0 Å². The molecule has 2 aromatic carbocycles. The van der Waals surface area contributed by atoms with Gasteiger partial charge in [-0.05, 0) is 55.4 Å². The highest BCUT2D eigenvalue weighted by Crippen LogP contribution is 2.43. The standard InChI is InChI=1S/C29H33N3O6/c1-19(21-8-9-21)32(16-20-6-3-2-4-7-20)26(35)17-31-18-38-29(28(31)37)24-11-10-22(14-23(24)15-25(29)34)27(36)30-12-5-13-33/h2-4,6-7,10-11,14,19,21,33H,5,8-9,12-13,15-18H2,1H3,(H,30,36)/t19-,29+/m0/s1. The van der Waals surface area contributed by atoms with E-state index >= 15 is 0 Å². The van der Waals surface area contributed by atoms with Crippen molar-refractivity contribution >= 4 is 23.5 Å². The van der Waals surface area contributed by atoms with Gasteiger partial charge in [0.05, 0.1) is 0 Å². The minimum Gasteiger partial charge on any atom is -0.396 e. The van der Waals surface area contributed by atoms with Gasteiger partial charge in [-0.25, -0.2) is 0 Å². The number of aliphatic hydroxyl groups is 1. The molecule has 0 unspecified atom stereocenters. The van der Waals surface area contributed by atoms with E-state index in [0.29, 0.717) is 42.1 Å². The van der Waals surface area contributed by atoms with Crippen LogP contribution in [0.25, 0.3) is 0 Å². The van der Waals surface area contributed by atoms with Crippen LogP contribution >= 0.6 is 0 Å². The molecule has 9 heteroatoms. The number of ether oxygens (including phenoxy) is 1. The molecule has 2 aromatic rings. The van der Waals surface area contributed by atoms with Crippen molar-refractivity contribution in [2.75, 3.05) is 26.4 Å². The number of benzene rings is 2. The summed E-state index contributed by atoms with van der Waals surface area (Å²) in [4.78, 5) is 55.9. The van der Waals surface area contributed by atoms with Crippen molar-refractivity contribution in [1.82, 2.24) is 15.1 Å². The highest BCUT2D eigenvalue weighted by atomic mass is 16.5. The van der Waals surface area contributed by atoms with Crippen LogP contribution in [0, 0.1) is 5.92 Å². The summed E-state index contributed by atoms with van der Waals surface area (Å²) < 4.78 is 5.89. The second kappa shape index (κ2) is 10.7. The summed E-state index contributed by atoms with van der Waals surface area (Å²) >= 11 is 0. The maximum Gasteiger partial charge on any atom is 0.269 e. The zero-order valence-electron chi connectivity index (χ0n) is 21.5. The van der Waals surface area contributed by atoms with Crippen molar-refractivity contribution in [3.63, 3.8) is 0 Å².